The Labute approximate surface area is 255 Å². The van der Waals surface area contributed by atoms with Gasteiger partial charge in [-0.25, -0.2) is 0 Å². The van der Waals surface area contributed by atoms with Crippen molar-refractivity contribution < 1.29 is 19.4 Å². The van der Waals surface area contributed by atoms with E-state index < -0.39 is 0 Å². The Kier molecular flexibility index (Phi) is 15.6. The maximum Gasteiger partial charge on any atom is 0.168 e. The number of carbonyl (C=O) groups is 1. The SMILES string of the molecule is CCCCCCCCCCCCCCCC(=O)Cc1c2cc(c(OC)c1OC)-c1cc(ccc1O)C/C=C/CCCC2. The van der Waals surface area contributed by atoms with Crippen molar-refractivity contribution in [2.24, 2.45) is 0 Å². The van der Waals surface area contributed by atoms with Crippen LogP contribution >= 0.6 is 0 Å². The molecule has 2 aromatic carbocycles. The van der Waals surface area contributed by atoms with Gasteiger partial charge in [0.15, 0.2) is 11.5 Å². The van der Waals surface area contributed by atoms with Crippen LogP contribution in [0.25, 0.3) is 11.1 Å². The van der Waals surface area contributed by atoms with E-state index in [1.54, 1.807) is 20.3 Å². The number of phenolic OH excluding ortho intramolecular Hbond substituents is 1. The molecule has 0 saturated carbocycles. The van der Waals surface area contributed by atoms with Gasteiger partial charge in [0.25, 0.3) is 0 Å². The van der Waals surface area contributed by atoms with Gasteiger partial charge in [-0.2, -0.15) is 0 Å². The van der Waals surface area contributed by atoms with E-state index in [1.807, 2.05) is 12.1 Å². The molecule has 0 radical (unpaired) electrons. The minimum atomic E-state index is 0.218. The number of ether oxygens (including phenoxy) is 2. The predicted octanol–water partition coefficient (Wildman–Crippen LogP) is 10.5. The number of fused-ring (bicyclic) bond motifs is 5. The first-order valence-electron chi connectivity index (χ1n) is 16.8. The number of allylic oxidation sites excluding steroid dienone is 2. The number of phenols is 1. The number of Topliss-reactive ketones (excluding diaryl/α,β-unsaturated/α-hetero) is 1. The third-order valence-electron chi connectivity index (χ3n) is 8.71. The standard InChI is InChI=1S/C38H56O4/c1-4-5-6-7-8-9-10-11-12-13-14-18-21-24-32(39)29-33-31-23-20-17-15-16-19-22-30-25-26-36(40)34(27-30)35(28-31)38(42-3)37(33)41-2/h16,19,25-28,40H,4-15,17-18,20-24,29H2,1-3H3/b19-16+. The Morgan fingerprint density at radius 1 is 0.762 bits per heavy atom. The third-order valence-corrected chi connectivity index (χ3v) is 8.71. The molecule has 2 aromatic rings. The summed E-state index contributed by atoms with van der Waals surface area (Å²) in [6.45, 7) is 2.27. The van der Waals surface area contributed by atoms with Crippen molar-refractivity contribution in [3.63, 3.8) is 0 Å². The number of benzene rings is 2. The topological polar surface area (TPSA) is 55.8 Å². The van der Waals surface area contributed by atoms with Crippen molar-refractivity contribution in [1.82, 2.24) is 0 Å². The van der Waals surface area contributed by atoms with E-state index >= 15 is 0 Å². The summed E-state index contributed by atoms with van der Waals surface area (Å²) >= 11 is 0. The number of unbranched alkanes of at least 4 members (excludes halogenated alkanes) is 12. The van der Waals surface area contributed by atoms with Crippen LogP contribution in [0.3, 0.4) is 0 Å². The zero-order valence-electron chi connectivity index (χ0n) is 26.8. The van der Waals surface area contributed by atoms with Gasteiger partial charge in [-0.1, -0.05) is 102 Å². The number of aromatic hydroxyl groups is 1. The number of hydrogen-bond acceptors (Lipinski definition) is 4. The lowest BCUT2D eigenvalue weighted by Gasteiger charge is -2.21. The molecule has 0 unspecified atom stereocenters. The molecule has 0 amide bonds. The second kappa shape index (κ2) is 19.4. The van der Waals surface area contributed by atoms with Crippen molar-refractivity contribution in [1.29, 1.82) is 0 Å². The van der Waals surface area contributed by atoms with Crippen LogP contribution in [0.4, 0.5) is 0 Å². The summed E-state index contributed by atoms with van der Waals surface area (Å²) in [5, 5.41) is 10.8. The number of carbonyl (C=O) groups excluding carboxylic acids is 1. The quantitative estimate of drug-likeness (QED) is 0.142. The molecule has 42 heavy (non-hydrogen) atoms. The average molecular weight is 577 g/mol. The minimum Gasteiger partial charge on any atom is -0.507 e. The fourth-order valence-corrected chi connectivity index (χ4v) is 6.23. The maximum atomic E-state index is 13.2. The molecule has 0 fully saturated rings. The predicted molar refractivity (Wildman–Crippen MR) is 176 cm³/mol. The molecule has 0 aromatic heterocycles. The highest BCUT2D eigenvalue weighted by molar-refractivity contribution is 5.85. The number of ketones is 1. The average Bonchev–Trinajstić information content (AvgIpc) is 3.00. The first-order chi connectivity index (χ1) is 20.6. The van der Waals surface area contributed by atoms with Crippen LogP contribution in [-0.2, 0) is 24.1 Å². The largest absolute Gasteiger partial charge is 0.507 e. The van der Waals surface area contributed by atoms with E-state index in [4.69, 9.17) is 9.47 Å². The summed E-state index contributed by atoms with van der Waals surface area (Å²) < 4.78 is 11.8. The van der Waals surface area contributed by atoms with E-state index in [0.29, 0.717) is 24.3 Å². The summed E-state index contributed by atoms with van der Waals surface area (Å²) in [6, 6.07) is 7.89. The zero-order valence-corrected chi connectivity index (χ0v) is 26.8. The smallest absolute Gasteiger partial charge is 0.168 e. The second-order valence-electron chi connectivity index (χ2n) is 12.1. The van der Waals surface area contributed by atoms with Crippen LogP contribution < -0.4 is 9.47 Å². The van der Waals surface area contributed by atoms with Gasteiger partial charge in [0.2, 0.25) is 0 Å². The Hall–Kier alpha value is -2.75. The highest BCUT2D eigenvalue weighted by Gasteiger charge is 2.24. The van der Waals surface area contributed by atoms with Gasteiger partial charge in [0.1, 0.15) is 11.5 Å². The normalized spacial score (nSPS) is 14.0. The third kappa shape index (κ3) is 10.8. The van der Waals surface area contributed by atoms with Gasteiger partial charge in [-0.15, -0.1) is 0 Å². The second-order valence-corrected chi connectivity index (χ2v) is 12.1. The fourth-order valence-electron chi connectivity index (χ4n) is 6.23. The lowest BCUT2D eigenvalue weighted by atomic mass is 9.90. The van der Waals surface area contributed by atoms with E-state index in [9.17, 15) is 9.90 Å². The Morgan fingerprint density at radius 2 is 1.40 bits per heavy atom. The minimum absolute atomic E-state index is 0.218. The van der Waals surface area contributed by atoms with Crippen molar-refractivity contribution in [3.05, 3.63) is 53.1 Å². The molecule has 1 N–H and O–H groups in total. The van der Waals surface area contributed by atoms with Crippen LogP contribution in [-0.4, -0.2) is 25.1 Å². The molecule has 0 atom stereocenters. The van der Waals surface area contributed by atoms with Crippen molar-refractivity contribution in [3.8, 4) is 28.4 Å². The number of hydrogen-bond donors (Lipinski definition) is 1. The monoisotopic (exact) mass is 576 g/mol. The molecule has 1 aliphatic carbocycles. The molecule has 4 bridgehead atoms. The Morgan fingerprint density at radius 3 is 2.05 bits per heavy atom. The molecule has 0 saturated heterocycles. The van der Waals surface area contributed by atoms with E-state index in [2.05, 4.69) is 25.1 Å². The van der Waals surface area contributed by atoms with Gasteiger partial charge in [-0.05, 0) is 67.9 Å². The summed E-state index contributed by atoms with van der Waals surface area (Å²) in [7, 11) is 3.29. The van der Waals surface area contributed by atoms with Crippen molar-refractivity contribution in [2.45, 2.75) is 135 Å². The molecule has 4 heteroatoms. The molecule has 232 valence electrons. The van der Waals surface area contributed by atoms with E-state index in [0.717, 1.165) is 72.8 Å². The maximum absolute atomic E-state index is 13.2. The Bertz CT molecular complexity index is 1120. The zero-order chi connectivity index (χ0) is 30.0. The van der Waals surface area contributed by atoms with Crippen molar-refractivity contribution >= 4 is 5.78 Å². The lowest BCUT2D eigenvalue weighted by molar-refractivity contribution is -0.118. The van der Waals surface area contributed by atoms with Gasteiger partial charge >= 0.3 is 0 Å². The van der Waals surface area contributed by atoms with Crippen LogP contribution in [0, 0.1) is 0 Å². The molecule has 0 spiro atoms. The van der Waals surface area contributed by atoms with Crippen LogP contribution in [0.1, 0.15) is 133 Å². The van der Waals surface area contributed by atoms with Gasteiger partial charge in [0.05, 0.1) is 14.2 Å². The van der Waals surface area contributed by atoms with Crippen molar-refractivity contribution in [2.75, 3.05) is 14.2 Å². The first-order valence-corrected chi connectivity index (χ1v) is 16.8. The molecular formula is C38H56O4. The van der Waals surface area contributed by atoms with E-state index in [-0.39, 0.29) is 11.5 Å². The van der Waals surface area contributed by atoms with Gasteiger partial charge < -0.3 is 14.6 Å². The number of methoxy groups -OCH3 is 2. The Balaban J connectivity index is 1.59. The molecular weight excluding hydrogens is 520 g/mol. The van der Waals surface area contributed by atoms with Gasteiger partial charge in [-0.3, -0.25) is 4.79 Å². The van der Waals surface area contributed by atoms with Crippen LogP contribution in [0.2, 0.25) is 0 Å². The molecule has 3 rings (SSSR count). The molecule has 0 heterocycles. The van der Waals surface area contributed by atoms with Gasteiger partial charge in [0, 0.05) is 29.5 Å². The summed E-state index contributed by atoms with van der Waals surface area (Å²) in [4.78, 5) is 13.2. The number of rotatable bonds is 18. The summed E-state index contributed by atoms with van der Waals surface area (Å²) in [6.07, 6.45) is 27.2. The van der Waals surface area contributed by atoms with E-state index in [1.165, 1.54) is 70.6 Å². The van der Waals surface area contributed by atoms with Crippen LogP contribution in [0.15, 0.2) is 36.4 Å². The summed E-state index contributed by atoms with van der Waals surface area (Å²) in [5.41, 5.74) is 4.76. The summed E-state index contributed by atoms with van der Waals surface area (Å²) in [5.74, 6) is 1.69. The molecule has 1 aliphatic rings. The highest BCUT2D eigenvalue weighted by Crippen LogP contribution is 2.46. The number of aryl methyl sites for hydroxylation is 1. The highest BCUT2D eigenvalue weighted by atomic mass is 16.5. The first kappa shape index (κ1) is 33.7. The van der Waals surface area contributed by atoms with Crippen LogP contribution in [0.5, 0.6) is 17.2 Å². The fraction of sp³-hybridized carbons (Fsp3) is 0.605. The lowest BCUT2D eigenvalue weighted by Crippen LogP contribution is -2.09. The molecule has 4 nitrogen and oxygen atoms in total. The molecule has 0 aliphatic heterocycles.